The quantitative estimate of drug-likeness (QED) is 0.861. The van der Waals surface area contributed by atoms with E-state index in [4.69, 9.17) is 4.98 Å². The molecule has 0 radical (unpaired) electrons. The van der Waals surface area contributed by atoms with Gasteiger partial charge in [0.05, 0.1) is 6.61 Å². The summed E-state index contributed by atoms with van der Waals surface area (Å²) in [5.74, 6) is 1.64. The van der Waals surface area contributed by atoms with E-state index in [0.717, 1.165) is 30.2 Å². The van der Waals surface area contributed by atoms with Crippen LogP contribution in [0.5, 0.6) is 0 Å². The summed E-state index contributed by atoms with van der Waals surface area (Å²) in [6.07, 6.45) is 1.17. The second-order valence-electron chi connectivity index (χ2n) is 6.68. The number of anilines is 1. The molecular formula is C17H30N2O. The Balaban J connectivity index is 3.14. The first-order valence-corrected chi connectivity index (χ1v) is 7.69. The van der Waals surface area contributed by atoms with Crippen LogP contribution in [0.25, 0.3) is 0 Å². The summed E-state index contributed by atoms with van der Waals surface area (Å²) in [5, 5.41) is 9.49. The maximum Gasteiger partial charge on any atom is 0.129 e. The van der Waals surface area contributed by atoms with Gasteiger partial charge in [-0.2, -0.15) is 0 Å². The molecule has 0 aliphatic heterocycles. The van der Waals surface area contributed by atoms with E-state index < -0.39 is 0 Å². The molecule has 0 fully saturated rings. The Hall–Kier alpha value is -1.09. The smallest absolute Gasteiger partial charge is 0.129 e. The summed E-state index contributed by atoms with van der Waals surface area (Å²) < 4.78 is 0. The summed E-state index contributed by atoms with van der Waals surface area (Å²) in [7, 11) is 0. The second-order valence-corrected chi connectivity index (χ2v) is 6.68. The van der Waals surface area contributed by atoms with Gasteiger partial charge in [0.25, 0.3) is 0 Å². The van der Waals surface area contributed by atoms with Crippen molar-refractivity contribution in [3.63, 3.8) is 0 Å². The monoisotopic (exact) mass is 278 g/mol. The second kappa shape index (κ2) is 7.07. The van der Waals surface area contributed by atoms with E-state index in [1.807, 2.05) is 12.1 Å². The molecular weight excluding hydrogens is 248 g/mol. The average Bonchev–Trinajstić information content (AvgIpc) is 2.42. The number of hydrogen-bond donors (Lipinski definition) is 1. The predicted octanol–water partition coefficient (Wildman–Crippen LogP) is 3.74. The largest absolute Gasteiger partial charge is 0.392 e. The van der Waals surface area contributed by atoms with Crippen LogP contribution in [0.1, 0.15) is 59.2 Å². The van der Waals surface area contributed by atoms with Crippen LogP contribution in [0, 0.1) is 5.92 Å². The lowest BCUT2D eigenvalue weighted by Crippen LogP contribution is -2.30. The minimum absolute atomic E-state index is 0.00425. The number of aromatic nitrogens is 1. The van der Waals surface area contributed by atoms with E-state index in [1.165, 1.54) is 6.42 Å². The van der Waals surface area contributed by atoms with Crippen LogP contribution in [-0.4, -0.2) is 23.2 Å². The zero-order chi connectivity index (χ0) is 15.3. The molecule has 1 heterocycles. The number of pyridine rings is 1. The fourth-order valence-electron chi connectivity index (χ4n) is 2.10. The summed E-state index contributed by atoms with van der Waals surface area (Å²) in [5.41, 5.74) is 1.99. The minimum Gasteiger partial charge on any atom is -0.392 e. The van der Waals surface area contributed by atoms with Crippen molar-refractivity contribution in [3.8, 4) is 0 Å². The van der Waals surface area contributed by atoms with Crippen molar-refractivity contribution >= 4 is 5.82 Å². The molecule has 20 heavy (non-hydrogen) atoms. The third-order valence-electron chi connectivity index (χ3n) is 3.76. The van der Waals surface area contributed by atoms with E-state index in [2.05, 4.69) is 46.4 Å². The SMILES string of the molecule is CCC(C)CN(CC)c1cc(CO)cc(C(C)(C)C)n1. The number of aliphatic hydroxyl groups excluding tert-OH is 1. The van der Waals surface area contributed by atoms with Crippen molar-refractivity contribution in [2.24, 2.45) is 5.92 Å². The average molecular weight is 278 g/mol. The lowest BCUT2D eigenvalue weighted by atomic mass is 9.90. The molecule has 1 aromatic rings. The van der Waals surface area contributed by atoms with E-state index in [0.29, 0.717) is 5.92 Å². The highest BCUT2D eigenvalue weighted by Crippen LogP contribution is 2.25. The minimum atomic E-state index is -0.00425. The van der Waals surface area contributed by atoms with Gasteiger partial charge in [-0.15, -0.1) is 0 Å². The van der Waals surface area contributed by atoms with Gasteiger partial charge in [-0.25, -0.2) is 4.98 Å². The summed E-state index contributed by atoms with van der Waals surface area (Å²) in [6.45, 7) is 15.1. The van der Waals surface area contributed by atoms with E-state index in [9.17, 15) is 5.11 Å². The Morgan fingerprint density at radius 1 is 1.25 bits per heavy atom. The van der Waals surface area contributed by atoms with Crippen LogP contribution in [-0.2, 0) is 12.0 Å². The first-order chi connectivity index (χ1) is 9.31. The van der Waals surface area contributed by atoms with Crippen molar-refractivity contribution in [2.75, 3.05) is 18.0 Å². The van der Waals surface area contributed by atoms with Gasteiger partial charge in [-0.3, -0.25) is 0 Å². The van der Waals surface area contributed by atoms with E-state index >= 15 is 0 Å². The first kappa shape index (κ1) is 17.0. The van der Waals surface area contributed by atoms with Gasteiger partial charge in [-0.05, 0) is 30.5 Å². The van der Waals surface area contributed by atoms with Gasteiger partial charge in [0.15, 0.2) is 0 Å². The normalized spacial score (nSPS) is 13.3. The zero-order valence-electron chi connectivity index (χ0n) is 13.9. The molecule has 0 aliphatic rings. The molecule has 0 amide bonds. The topological polar surface area (TPSA) is 36.4 Å². The van der Waals surface area contributed by atoms with Gasteiger partial charge in [-0.1, -0.05) is 41.0 Å². The Labute approximate surface area is 124 Å². The Morgan fingerprint density at radius 3 is 2.35 bits per heavy atom. The predicted molar refractivity (Wildman–Crippen MR) is 86.2 cm³/mol. The van der Waals surface area contributed by atoms with Crippen molar-refractivity contribution in [2.45, 2.75) is 60.0 Å². The molecule has 114 valence electrons. The van der Waals surface area contributed by atoms with Gasteiger partial charge in [0, 0.05) is 24.2 Å². The molecule has 1 N–H and O–H groups in total. The fraction of sp³-hybridized carbons (Fsp3) is 0.706. The fourth-order valence-corrected chi connectivity index (χ4v) is 2.10. The molecule has 0 aliphatic carbocycles. The molecule has 1 unspecified atom stereocenters. The molecule has 3 heteroatoms. The lowest BCUT2D eigenvalue weighted by molar-refractivity contribution is 0.281. The highest BCUT2D eigenvalue weighted by molar-refractivity contribution is 5.43. The van der Waals surface area contributed by atoms with Gasteiger partial charge >= 0.3 is 0 Å². The van der Waals surface area contributed by atoms with Crippen LogP contribution < -0.4 is 4.90 Å². The number of aliphatic hydroxyl groups is 1. The molecule has 0 bridgehead atoms. The molecule has 0 aromatic carbocycles. The number of rotatable bonds is 6. The maximum absolute atomic E-state index is 9.49. The highest BCUT2D eigenvalue weighted by atomic mass is 16.3. The third-order valence-corrected chi connectivity index (χ3v) is 3.76. The van der Waals surface area contributed by atoms with Crippen LogP contribution in [0.15, 0.2) is 12.1 Å². The van der Waals surface area contributed by atoms with Crippen molar-refractivity contribution in [1.82, 2.24) is 4.98 Å². The molecule has 1 aromatic heterocycles. The maximum atomic E-state index is 9.49. The Bertz CT molecular complexity index is 423. The van der Waals surface area contributed by atoms with Gasteiger partial charge < -0.3 is 10.0 Å². The molecule has 3 nitrogen and oxygen atoms in total. The van der Waals surface area contributed by atoms with Crippen molar-refractivity contribution < 1.29 is 5.11 Å². The standard InChI is InChI=1S/C17H30N2O/c1-7-13(3)11-19(8-2)16-10-14(12-20)9-15(18-16)17(4,5)6/h9-10,13,20H,7-8,11-12H2,1-6H3. The summed E-state index contributed by atoms with van der Waals surface area (Å²) >= 11 is 0. The molecule has 0 saturated heterocycles. The Kier molecular flexibility index (Phi) is 6.00. The zero-order valence-corrected chi connectivity index (χ0v) is 13.9. The highest BCUT2D eigenvalue weighted by Gasteiger charge is 2.19. The molecule has 0 spiro atoms. The van der Waals surface area contributed by atoms with Crippen LogP contribution in [0.4, 0.5) is 5.82 Å². The van der Waals surface area contributed by atoms with Crippen LogP contribution in [0.2, 0.25) is 0 Å². The van der Waals surface area contributed by atoms with Crippen molar-refractivity contribution in [3.05, 3.63) is 23.4 Å². The number of nitrogens with zero attached hydrogens (tertiary/aromatic N) is 2. The van der Waals surface area contributed by atoms with E-state index in [1.54, 1.807) is 0 Å². The summed E-state index contributed by atoms with van der Waals surface area (Å²) in [6, 6.07) is 4.03. The molecule has 1 rings (SSSR count). The van der Waals surface area contributed by atoms with E-state index in [-0.39, 0.29) is 12.0 Å². The van der Waals surface area contributed by atoms with Gasteiger partial charge in [0.1, 0.15) is 5.82 Å². The summed E-state index contributed by atoms with van der Waals surface area (Å²) in [4.78, 5) is 7.13. The third kappa shape index (κ3) is 4.48. The molecule has 0 saturated carbocycles. The van der Waals surface area contributed by atoms with Crippen LogP contribution in [0.3, 0.4) is 0 Å². The van der Waals surface area contributed by atoms with Gasteiger partial charge in [0.2, 0.25) is 0 Å². The van der Waals surface area contributed by atoms with Crippen molar-refractivity contribution in [1.29, 1.82) is 0 Å². The van der Waals surface area contributed by atoms with Crippen LogP contribution >= 0.6 is 0 Å². The molecule has 1 atom stereocenters. The first-order valence-electron chi connectivity index (χ1n) is 7.69. The Morgan fingerprint density at radius 2 is 1.90 bits per heavy atom. The lowest BCUT2D eigenvalue weighted by Gasteiger charge is -2.28. The number of hydrogen-bond acceptors (Lipinski definition) is 3.